The Morgan fingerprint density at radius 1 is 1.25 bits per heavy atom. The van der Waals surface area contributed by atoms with E-state index in [1.807, 2.05) is 6.07 Å². The zero-order valence-electron chi connectivity index (χ0n) is 7.74. The quantitative estimate of drug-likeness (QED) is 0.741. The molecule has 1 rings (SSSR count). The minimum atomic E-state index is 0.806. The number of anilines is 1. The third kappa shape index (κ3) is 1.92. The number of hydrogen-bond donors (Lipinski definition) is 1. The molecule has 0 amide bonds. The molecule has 0 aliphatic heterocycles. The lowest BCUT2D eigenvalue weighted by atomic mass is 10.1. The predicted molar refractivity (Wildman–Crippen MR) is 55.1 cm³/mol. The molecule has 0 fully saturated rings. The Hall–Kier alpha value is -0.690. The van der Waals surface area contributed by atoms with Crippen LogP contribution in [0.15, 0.2) is 12.1 Å². The number of rotatable bonds is 2. The van der Waals surface area contributed by atoms with Crippen LogP contribution >= 0.6 is 11.6 Å². The van der Waals surface area contributed by atoms with E-state index in [2.05, 4.69) is 32.2 Å². The van der Waals surface area contributed by atoms with E-state index in [9.17, 15) is 0 Å². The molecule has 0 bridgehead atoms. The van der Waals surface area contributed by atoms with Crippen molar-refractivity contribution in [2.24, 2.45) is 0 Å². The average Bonchev–Trinajstić information content (AvgIpc) is 2.01. The van der Waals surface area contributed by atoms with Crippen LogP contribution in [0.25, 0.3) is 0 Å². The first kappa shape index (κ1) is 9.40. The van der Waals surface area contributed by atoms with Crippen LogP contribution in [-0.4, -0.2) is 6.54 Å². The second kappa shape index (κ2) is 3.81. The molecular formula is C10H14ClN. The highest BCUT2D eigenvalue weighted by Gasteiger charge is 2.01. The standard InChI is InChI=1S/C10H14ClN/c1-4-12-10-6-8(3)7(2)5-9(10)11/h5-6,12H,4H2,1-3H3. The Bertz CT molecular complexity index is 281. The van der Waals surface area contributed by atoms with Gasteiger partial charge >= 0.3 is 0 Å². The van der Waals surface area contributed by atoms with Crippen molar-refractivity contribution in [2.45, 2.75) is 20.8 Å². The monoisotopic (exact) mass is 183 g/mol. The molecule has 0 unspecified atom stereocenters. The molecular weight excluding hydrogens is 170 g/mol. The minimum Gasteiger partial charge on any atom is -0.384 e. The van der Waals surface area contributed by atoms with Crippen molar-refractivity contribution < 1.29 is 0 Å². The third-order valence-corrected chi connectivity index (χ3v) is 2.26. The molecule has 0 aliphatic rings. The molecule has 0 aromatic heterocycles. The zero-order chi connectivity index (χ0) is 9.14. The van der Waals surface area contributed by atoms with E-state index in [1.165, 1.54) is 11.1 Å². The van der Waals surface area contributed by atoms with Crippen LogP contribution in [0, 0.1) is 13.8 Å². The average molecular weight is 184 g/mol. The first-order valence-corrected chi connectivity index (χ1v) is 4.53. The van der Waals surface area contributed by atoms with Gasteiger partial charge in [-0.25, -0.2) is 0 Å². The highest BCUT2D eigenvalue weighted by molar-refractivity contribution is 6.33. The lowest BCUT2D eigenvalue weighted by Gasteiger charge is -2.08. The molecule has 0 heterocycles. The van der Waals surface area contributed by atoms with Gasteiger partial charge in [0.1, 0.15) is 0 Å². The van der Waals surface area contributed by atoms with Gasteiger partial charge in [0.05, 0.1) is 10.7 Å². The van der Waals surface area contributed by atoms with Crippen molar-refractivity contribution >= 4 is 17.3 Å². The molecule has 0 spiro atoms. The second-order valence-corrected chi connectivity index (χ2v) is 3.35. The second-order valence-electron chi connectivity index (χ2n) is 2.95. The molecule has 1 N–H and O–H groups in total. The fourth-order valence-corrected chi connectivity index (χ4v) is 1.39. The zero-order valence-corrected chi connectivity index (χ0v) is 8.50. The number of benzene rings is 1. The van der Waals surface area contributed by atoms with Gasteiger partial charge < -0.3 is 5.32 Å². The molecule has 1 aromatic carbocycles. The van der Waals surface area contributed by atoms with Crippen LogP contribution in [0.5, 0.6) is 0 Å². The van der Waals surface area contributed by atoms with E-state index in [-0.39, 0.29) is 0 Å². The van der Waals surface area contributed by atoms with Crippen LogP contribution in [-0.2, 0) is 0 Å². The molecule has 0 atom stereocenters. The number of halogens is 1. The minimum absolute atomic E-state index is 0.806. The van der Waals surface area contributed by atoms with Gasteiger partial charge in [-0.1, -0.05) is 11.6 Å². The van der Waals surface area contributed by atoms with E-state index in [4.69, 9.17) is 11.6 Å². The lowest BCUT2D eigenvalue weighted by Crippen LogP contribution is -1.98. The van der Waals surface area contributed by atoms with Crippen molar-refractivity contribution in [3.8, 4) is 0 Å². The Kier molecular flexibility index (Phi) is 2.99. The van der Waals surface area contributed by atoms with Gasteiger partial charge in [-0.05, 0) is 44.0 Å². The predicted octanol–water partition coefficient (Wildman–Crippen LogP) is 3.39. The summed E-state index contributed by atoms with van der Waals surface area (Å²) in [5, 5.41) is 4.02. The Balaban J connectivity index is 3.05. The van der Waals surface area contributed by atoms with Crippen LogP contribution in [0.2, 0.25) is 5.02 Å². The topological polar surface area (TPSA) is 12.0 Å². The van der Waals surface area contributed by atoms with Crippen molar-refractivity contribution in [1.82, 2.24) is 0 Å². The Morgan fingerprint density at radius 3 is 2.42 bits per heavy atom. The molecule has 66 valence electrons. The summed E-state index contributed by atoms with van der Waals surface area (Å²) >= 11 is 6.02. The van der Waals surface area contributed by atoms with Crippen molar-refractivity contribution in [1.29, 1.82) is 0 Å². The summed E-state index contributed by atoms with van der Waals surface area (Å²) in [6.45, 7) is 7.12. The summed E-state index contributed by atoms with van der Waals surface area (Å²) in [6.07, 6.45) is 0. The van der Waals surface area contributed by atoms with Crippen molar-refractivity contribution in [3.05, 3.63) is 28.3 Å². The SMILES string of the molecule is CCNc1cc(C)c(C)cc1Cl. The fourth-order valence-electron chi connectivity index (χ4n) is 1.11. The molecule has 1 nitrogen and oxygen atoms in total. The van der Waals surface area contributed by atoms with Gasteiger partial charge in [0.15, 0.2) is 0 Å². The van der Waals surface area contributed by atoms with Crippen LogP contribution < -0.4 is 5.32 Å². The summed E-state index contributed by atoms with van der Waals surface area (Å²) in [7, 11) is 0. The highest BCUT2D eigenvalue weighted by atomic mass is 35.5. The Labute approximate surface area is 78.7 Å². The summed E-state index contributed by atoms with van der Waals surface area (Å²) in [5.41, 5.74) is 3.54. The van der Waals surface area contributed by atoms with Crippen molar-refractivity contribution in [3.63, 3.8) is 0 Å². The van der Waals surface area contributed by atoms with Crippen LogP contribution in [0.3, 0.4) is 0 Å². The molecule has 12 heavy (non-hydrogen) atoms. The smallest absolute Gasteiger partial charge is 0.0640 e. The molecule has 0 saturated carbocycles. The van der Waals surface area contributed by atoms with Crippen LogP contribution in [0.1, 0.15) is 18.1 Å². The first-order valence-electron chi connectivity index (χ1n) is 4.15. The van der Waals surface area contributed by atoms with E-state index in [0.29, 0.717) is 0 Å². The lowest BCUT2D eigenvalue weighted by molar-refractivity contribution is 1.20. The normalized spacial score (nSPS) is 10.0. The van der Waals surface area contributed by atoms with Gasteiger partial charge in [0, 0.05) is 6.54 Å². The highest BCUT2D eigenvalue weighted by Crippen LogP contribution is 2.25. The maximum atomic E-state index is 6.02. The van der Waals surface area contributed by atoms with Gasteiger partial charge in [-0.15, -0.1) is 0 Å². The van der Waals surface area contributed by atoms with Gasteiger partial charge in [0.25, 0.3) is 0 Å². The van der Waals surface area contributed by atoms with E-state index < -0.39 is 0 Å². The summed E-state index contributed by atoms with van der Waals surface area (Å²) in [5.74, 6) is 0. The van der Waals surface area contributed by atoms with Gasteiger partial charge in [-0.2, -0.15) is 0 Å². The first-order chi connectivity index (χ1) is 5.65. The largest absolute Gasteiger partial charge is 0.384 e. The molecule has 0 saturated heterocycles. The van der Waals surface area contributed by atoms with E-state index >= 15 is 0 Å². The molecule has 2 heteroatoms. The third-order valence-electron chi connectivity index (χ3n) is 1.95. The van der Waals surface area contributed by atoms with Gasteiger partial charge in [-0.3, -0.25) is 0 Å². The summed E-state index contributed by atoms with van der Waals surface area (Å²) in [4.78, 5) is 0. The number of hydrogen-bond acceptors (Lipinski definition) is 1. The summed E-state index contributed by atoms with van der Waals surface area (Å²) in [6, 6.07) is 4.08. The van der Waals surface area contributed by atoms with Gasteiger partial charge in [0.2, 0.25) is 0 Å². The molecule has 0 radical (unpaired) electrons. The summed E-state index contributed by atoms with van der Waals surface area (Å²) < 4.78 is 0. The molecule has 0 aliphatic carbocycles. The maximum Gasteiger partial charge on any atom is 0.0640 e. The van der Waals surface area contributed by atoms with Crippen molar-refractivity contribution in [2.75, 3.05) is 11.9 Å². The number of nitrogens with one attached hydrogen (secondary N) is 1. The maximum absolute atomic E-state index is 6.02. The fraction of sp³-hybridized carbons (Fsp3) is 0.400. The number of aryl methyl sites for hydroxylation is 2. The van der Waals surface area contributed by atoms with E-state index in [0.717, 1.165) is 17.3 Å². The van der Waals surface area contributed by atoms with Crippen LogP contribution in [0.4, 0.5) is 5.69 Å². The Morgan fingerprint density at radius 2 is 1.83 bits per heavy atom. The van der Waals surface area contributed by atoms with E-state index in [1.54, 1.807) is 0 Å². The molecule has 1 aromatic rings.